The average molecular weight is 591 g/mol. The number of carbonyl (C=O) groups is 1. The minimum Gasteiger partial charge on any atom is -0.497 e. The molecule has 1 aliphatic heterocycles. The van der Waals surface area contributed by atoms with Gasteiger partial charge in [0.25, 0.3) is 5.91 Å². The lowest BCUT2D eigenvalue weighted by Gasteiger charge is -2.32. The number of sulfonamides is 1. The molecule has 41 heavy (non-hydrogen) atoms. The highest BCUT2D eigenvalue weighted by Gasteiger charge is 2.35. The van der Waals surface area contributed by atoms with E-state index in [0.29, 0.717) is 18.6 Å². The van der Waals surface area contributed by atoms with Crippen molar-refractivity contribution in [3.63, 3.8) is 0 Å². The molecule has 1 fully saturated rings. The highest BCUT2D eigenvalue weighted by atomic mass is 32.2. The van der Waals surface area contributed by atoms with Crippen LogP contribution in [0, 0.1) is 0 Å². The van der Waals surface area contributed by atoms with Crippen molar-refractivity contribution in [1.29, 1.82) is 0 Å². The second kappa shape index (κ2) is 14.2. The Labute approximate surface area is 241 Å². The van der Waals surface area contributed by atoms with Crippen molar-refractivity contribution < 1.29 is 42.1 Å². The van der Waals surface area contributed by atoms with Gasteiger partial charge in [0, 0.05) is 24.6 Å². The summed E-state index contributed by atoms with van der Waals surface area (Å²) in [6, 6.07) is 8.33. The molecule has 0 bridgehead atoms. The molecule has 2 aromatic rings. The van der Waals surface area contributed by atoms with Crippen molar-refractivity contribution in [2.24, 2.45) is 0 Å². The Hall–Kier alpha value is -3.74. The lowest BCUT2D eigenvalue weighted by Crippen LogP contribution is -2.41. The summed E-state index contributed by atoms with van der Waals surface area (Å²) in [5.74, 6) is 1.21. The Morgan fingerprint density at radius 3 is 2.24 bits per heavy atom. The van der Waals surface area contributed by atoms with E-state index in [0.717, 1.165) is 17.1 Å². The summed E-state index contributed by atoms with van der Waals surface area (Å²) in [4.78, 5) is 12.2. The molecule has 11 nitrogen and oxygen atoms in total. The van der Waals surface area contributed by atoms with Gasteiger partial charge >= 0.3 is 0 Å². The molecule has 0 radical (unpaired) electrons. The maximum absolute atomic E-state index is 13.6. The molecule has 2 N–H and O–H groups in total. The van der Waals surface area contributed by atoms with Crippen LogP contribution in [-0.2, 0) is 14.8 Å². The van der Waals surface area contributed by atoms with Gasteiger partial charge in [-0.3, -0.25) is 10.0 Å². The normalized spacial score (nSPS) is 15.8. The van der Waals surface area contributed by atoms with E-state index >= 15 is 0 Å². The standard InChI is InChI=1S/C29H38N2O9S/c1-7-20(9-8-19(2)23-18-22(36-3)10-11-24(23)37-4)40-21-14-16-31(17-15-21)41(34,35)26-13-12-25(38-5)28(39-6)27(26)29(32)30-33/h7-13,18-19,21,33H,14-17H2,1-6H3,(H,30,32)/b9-8-,20-7+. The molecule has 1 saturated heterocycles. The first-order valence-electron chi connectivity index (χ1n) is 13.1. The molecule has 2 aromatic carbocycles. The topological polar surface area (TPSA) is 133 Å². The number of nitrogens with zero attached hydrogens (tertiary/aromatic N) is 1. The van der Waals surface area contributed by atoms with Crippen molar-refractivity contribution in [2.45, 2.75) is 43.6 Å². The van der Waals surface area contributed by atoms with Crippen LogP contribution in [0.25, 0.3) is 0 Å². The maximum atomic E-state index is 13.6. The molecule has 224 valence electrons. The van der Waals surface area contributed by atoms with Crippen LogP contribution in [0.2, 0.25) is 0 Å². The Balaban J connectivity index is 1.72. The van der Waals surface area contributed by atoms with Gasteiger partial charge in [0.05, 0.1) is 33.3 Å². The van der Waals surface area contributed by atoms with Crippen LogP contribution < -0.4 is 24.4 Å². The fourth-order valence-corrected chi connectivity index (χ4v) is 6.31. The summed E-state index contributed by atoms with van der Waals surface area (Å²) in [7, 11) is 1.78. The number of ether oxygens (including phenoxy) is 5. The average Bonchev–Trinajstić information content (AvgIpc) is 3.01. The number of nitrogens with one attached hydrogen (secondary N) is 1. The van der Waals surface area contributed by atoms with Gasteiger partial charge in [-0.2, -0.15) is 4.31 Å². The van der Waals surface area contributed by atoms with Gasteiger partial charge in [0.2, 0.25) is 10.0 Å². The van der Waals surface area contributed by atoms with Gasteiger partial charge in [0.15, 0.2) is 11.5 Å². The van der Waals surface area contributed by atoms with Gasteiger partial charge in [0.1, 0.15) is 28.9 Å². The lowest BCUT2D eigenvalue weighted by atomic mass is 9.99. The molecule has 1 aliphatic rings. The van der Waals surface area contributed by atoms with Gasteiger partial charge in [-0.1, -0.05) is 13.0 Å². The molecular weight excluding hydrogens is 552 g/mol. The zero-order valence-corrected chi connectivity index (χ0v) is 25.0. The molecule has 1 amide bonds. The second-order valence-corrected chi connectivity index (χ2v) is 11.2. The predicted molar refractivity (Wildman–Crippen MR) is 153 cm³/mol. The number of amides is 1. The van der Waals surface area contributed by atoms with Crippen LogP contribution in [0.5, 0.6) is 23.0 Å². The summed E-state index contributed by atoms with van der Waals surface area (Å²) < 4.78 is 56.0. The fraction of sp³-hybridized carbons (Fsp3) is 0.414. The van der Waals surface area contributed by atoms with Gasteiger partial charge in [-0.15, -0.1) is 0 Å². The van der Waals surface area contributed by atoms with Gasteiger partial charge < -0.3 is 23.7 Å². The van der Waals surface area contributed by atoms with Crippen molar-refractivity contribution in [1.82, 2.24) is 9.79 Å². The number of hydrogen-bond acceptors (Lipinski definition) is 9. The highest BCUT2D eigenvalue weighted by molar-refractivity contribution is 7.89. The minimum atomic E-state index is -4.11. The Kier molecular flexibility index (Phi) is 11.0. The van der Waals surface area contributed by atoms with Crippen LogP contribution in [0.15, 0.2) is 59.2 Å². The number of piperidine rings is 1. The Morgan fingerprint density at radius 1 is 1.02 bits per heavy atom. The van der Waals surface area contributed by atoms with E-state index in [4.69, 9.17) is 23.7 Å². The quantitative estimate of drug-likeness (QED) is 0.161. The summed E-state index contributed by atoms with van der Waals surface area (Å²) in [5.41, 5.74) is 2.13. The first-order valence-corrected chi connectivity index (χ1v) is 14.5. The molecule has 12 heteroatoms. The third kappa shape index (κ3) is 7.13. The number of benzene rings is 2. The zero-order chi connectivity index (χ0) is 30.2. The van der Waals surface area contributed by atoms with Gasteiger partial charge in [-0.05, 0) is 62.2 Å². The van der Waals surface area contributed by atoms with Crippen LogP contribution in [0.1, 0.15) is 48.5 Å². The monoisotopic (exact) mass is 590 g/mol. The van der Waals surface area contributed by atoms with E-state index in [9.17, 15) is 18.4 Å². The number of hydrogen-bond donors (Lipinski definition) is 2. The lowest BCUT2D eigenvalue weighted by molar-refractivity contribution is 0.0696. The van der Waals surface area contributed by atoms with E-state index in [1.54, 1.807) is 14.2 Å². The number of methoxy groups -OCH3 is 4. The van der Waals surface area contributed by atoms with Crippen LogP contribution in [0.4, 0.5) is 0 Å². The van der Waals surface area contributed by atoms with Crippen molar-refractivity contribution in [3.05, 3.63) is 65.4 Å². The third-order valence-electron chi connectivity index (χ3n) is 6.92. The van der Waals surface area contributed by atoms with Crippen molar-refractivity contribution >= 4 is 15.9 Å². The Bertz CT molecular complexity index is 1380. The summed E-state index contributed by atoms with van der Waals surface area (Å²) in [5, 5.41) is 9.26. The molecule has 0 spiro atoms. The van der Waals surface area contributed by atoms with E-state index < -0.39 is 15.9 Å². The van der Waals surface area contributed by atoms with E-state index in [2.05, 4.69) is 0 Å². The first kappa shape index (κ1) is 31.8. The minimum absolute atomic E-state index is 0.0115. The summed E-state index contributed by atoms with van der Waals surface area (Å²) in [6.45, 7) is 4.28. The maximum Gasteiger partial charge on any atom is 0.279 e. The fourth-order valence-electron chi connectivity index (χ4n) is 4.66. The number of hydroxylamine groups is 1. The molecule has 1 heterocycles. The van der Waals surface area contributed by atoms with Crippen LogP contribution in [-0.4, -0.2) is 71.5 Å². The number of rotatable bonds is 12. The zero-order valence-electron chi connectivity index (χ0n) is 24.2. The molecule has 0 saturated carbocycles. The molecule has 0 aromatic heterocycles. The molecule has 1 atom stereocenters. The predicted octanol–water partition coefficient (Wildman–Crippen LogP) is 4.27. The van der Waals surface area contributed by atoms with E-state index in [-0.39, 0.29) is 47.1 Å². The van der Waals surface area contributed by atoms with E-state index in [1.165, 1.54) is 36.1 Å². The van der Waals surface area contributed by atoms with Crippen LogP contribution in [0.3, 0.4) is 0 Å². The van der Waals surface area contributed by atoms with Crippen LogP contribution >= 0.6 is 0 Å². The molecule has 0 aliphatic carbocycles. The smallest absolute Gasteiger partial charge is 0.279 e. The van der Waals surface area contributed by atoms with Gasteiger partial charge in [-0.25, -0.2) is 13.9 Å². The Morgan fingerprint density at radius 2 is 1.68 bits per heavy atom. The van der Waals surface area contributed by atoms with E-state index in [1.807, 2.05) is 50.3 Å². The third-order valence-corrected chi connectivity index (χ3v) is 8.86. The first-order chi connectivity index (χ1) is 19.6. The van der Waals surface area contributed by atoms with Crippen molar-refractivity contribution in [3.8, 4) is 23.0 Å². The molecular formula is C29H38N2O9S. The summed E-state index contributed by atoms with van der Waals surface area (Å²) in [6.07, 6.45) is 6.45. The molecule has 3 rings (SSSR count). The number of carbonyl (C=O) groups excluding carboxylic acids is 1. The largest absolute Gasteiger partial charge is 0.497 e. The SMILES string of the molecule is C/C=C(\C=C/C(C)c1cc(OC)ccc1OC)OC1CCN(S(=O)(=O)c2ccc(OC)c(OC)c2C(=O)NO)CC1. The highest BCUT2D eigenvalue weighted by Crippen LogP contribution is 2.37. The molecule has 1 unspecified atom stereocenters. The summed E-state index contributed by atoms with van der Waals surface area (Å²) >= 11 is 0. The second-order valence-electron chi connectivity index (χ2n) is 9.28. The number of allylic oxidation sites excluding steroid dienone is 3. The van der Waals surface area contributed by atoms with Crippen molar-refractivity contribution in [2.75, 3.05) is 41.5 Å².